The third kappa shape index (κ3) is 10.3. The summed E-state index contributed by atoms with van der Waals surface area (Å²) in [6.45, 7) is 3.14. The molecule has 1 rings (SSSR count). The van der Waals surface area contributed by atoms with E-state index in [0.717, 1.165) is 13.1 Å². The maximum absolute atomic E-state index is 10.3. The van der Waals surface area contributed by atoms with Gasteiger partial charge in [-0.05, 0) is 0 Å². The second-order valence-corrected chi connectivity index (χ2v) is 2.83. The summed E-state index contributed by atoms with van der Waals surface area (Å²) < 4.78 is 0. The minimum absolute atomic E-state index is 0.103. The van der Waals surface area contributed by atoms with Crippen LogP contribution in [0.25, 0.3) is 0 Å². The molecule has 0 saturated carbocycles. The van der Waals surface area contributed by atoms with Crippen LogP contribution in [0.1, 0.15) is 6.92 Å². The number of hydrogen-bond acceptors (Lipinski definition) is 4. The van der Waals surface area contributed by atoms with Crippen LogP contribution in [-0.2, 0) is 14.4 Å². The van der Waals surface area contributed by atoms with Crippen LogP contribution in [0.15, 0.2) is 0 Å². The summed E-state index contributed by atoms with van der Waals surface area (Å²) in [4.78, 5) is 30.0. The Bertz CT molecular complexity index is 220. The van der Waals surface area contributed by atoms with Gasteiger partial charge in [-0.25, -0.2) is 0 Å². The highest BCUT2D eigenvalue weighted by atomic mass is 16.4. The quantitative estimate of drug-likeness (QED) is 0.424. The van der Waals surface area contributed by atoms with Gasteiger partial charge in [0, 0.05) is 20.0 Å². The van der Waals surface area contributed by atoms with E-state index in [0.29, 0.717) is 6.54 Å². The molecule has 1 aliphatic rings. The molecule has 1 aliphatic heterocycles. The molecule has 0 aromatic carbocycles. The molecule has 0 aromatic heterocycles. The summed E-state index contributed by atoms with van der Waals surface area (Å²) in [6.07, 6.45) is 0. The van der Waals surface area contributed by atoms with Gasteiger partial charge in [0.15, 0.2) is 0 Å². The zero-order valence-electron chi connectivity index (χ0n) is 8.50. The monoisotopic (exact) mass is 217 g/mol. The number of aliphatic carboxylic acids is 1. The van der Waals surface area contributed by atoms with Gasteiger partial charge in [-0.3, -0.25) is 14.4 Å². The Balaban J connectivity index is 0.000000262. The van der Waals surface area contributed by atoms with E-state index < -0.39 is 5.97 Å². The SMILES string of the molecule is CC(=O)NCC(=O)O.O=C1CNCCN1. The highest BCUT2D eigenvalue weighted by Crippen LogP contribution is 1.69. The third-order valence-corrected chi connectivity index (χ3v) is 1.40. The van der Waals surface area contributed by atoms with Gasteiger partial charge in [-0.2, -0.15) is 0 Å². The lowest BCUT2D eigenvalue weighted by Gasteiger charge is -2.11. The number of piperazine rings is 1. The number of hydrogen-bond donors (Lipinski definition) is 4. The van der Waals surface area contributed by atoms with E-state index in [9.17, 15) is 14.4 Å². The van der Waals surface area contributed by atoms with E-state index in [1.165, 1.54) is 6.92 Å². The van der Waals surface area contributed by atoms with Crippen molar-refractivity contribution >= 4 is 17.8 Å². The fourth-order valence-electron chi connectivity index (χ4n) is 0.755. The molecule has 7 nitrogen and oxygen atoms in total. The molecule has 1 fully saturated rings. The molecule has 2 amide bonds. The van der Waals surface area contributed by atoms with Crippen molar-refractivity contribution < 1.29 is 19.5 Å². The Morgan fingerprint density at radius 1 is 1.47 bits per heavy atom. The van der Waals surface area contributed by atoms with Crippen molar-refractivity contribution in [3.05, 3.63) is 0 Å². The smallest absolute Gasteiger partial charge is 0.322 e. The van der Waals surface area contributed by atoms with Crippen molar-refractivity contribution in [2.75, 3.05) is 26.2 Å². The first kappa shape index (κ1) is 13.4. The van der Waals surface area contributed by atoms with Gasteiger partial charge in [-0.1, -0.05) is 0 Å². The zero-order chi connectivity index (χ0) is 11.7. The first-order valence-corrected chi connectivity index (χ1v) is 4.46. The zero-order valence-corrected chi connectivity index (χ0v) is 8.50. The molecule has 1 heterocycles. The predicted octanol–water partition coefficient (Wildman–Crippen LogP) is -2.09. The Kier molecular flexibility index (Phi) is 6.90. The molecule has 0 atom stereocenters. The van der Waals surface area contributed by atoms with Crippen LogP contribution in [0.2, 0.25) is 0 Å². The first-order valence-electron chi connectivity index (χ1n) is 4.46. The lowest BCUT2D eigenvalue weighted by molar-refractivity contribution is -0.137. The van der Waals surface area contributed by atoms with Crippen LogP contribution in [0.4, 0.5) is 0 Å². The lowest BCUT2D eigenvalue weighted by Crippen LogP contribution is -2.44. The van der Waals surface area contributed by atoms with Crippen molar-refractivity contribution in [2.45, 2.75) is 6.92 Å². The summed E-state index contributed by atoms with van der Waals surface area (Å²) in [6, 6.07) is 0. The van der Waals surface area contributed by atoms with Crippen LogP contribution < -0.4 is 16.0 Å². The number of carbonyl (C=O) groups is 3. The van der Waals surface area contributed by atoms with E-state index >= 15 is 0 Å². The summed E-state index contributed by atoms with van der Waals surface area (Å²) in [5.41, 5.74) is 0. The van der Waals surface area contributed by atoms with Crippen LogP contribution >= 0.6 is 0 Å². The van der Waals surface area contributed by atoms with E-state index in [-0.39, 0.29) is 18.4 Å². The molecular formula is C8H15N3O4. The van der Waals surface area contributed by atoms with Crippen molar-refractivity contribution in [3.8, 4) is 0 Å². The van der Waals surface area contributed by atoms with E-state index in [2.05, 4.69) is 16.0 Å². The molecule has 7 heteroatoms. The predicted molar refractivity (Wildman–Crippen MR) is 52.2 cm³/mol. The fraction of sp³-hybridized carbons (Fsp3) is 0.625. The van der Waals surface area contributed by atoms with Gasteiger partial charge in [0.05, 0.1) is 6.54 Å². The molecule has 0 aliphatic carbocycles. The second-order valence-electron chi connectivity index (χ2n) is 2.83. The average molecular weight is 217 g/mol. The van der Waals surface area contributed by atoms with Crippen LogP contribution in [0.3, 0.4) is 0 Å². The molecule has 0 radical (unpaired) electrons. The van der Waals surface area contributed by atoms with Crippen LogP contribution in [-0.4, -0.2) is 49.1 Å². The van der Waals surface area contributed by atoms with Crippen molar-refractivity contribution in [3.63, 3.8) is 0 Å². The average Bonchev–Trinajstić information content (AvgIpc) is 2.17. The van der Waals surface area contributed by atoms with Crippen molar-refractivity contribution in [1.29, 1.82) is 0 Å². The summed E-state index contributed by atoms with van der Waals surface area (Å²) in [5, 5.41) is 15.7. The lowest BCUT2D eigenvalue weighted by atomic mass is 10.4. The number of amides is 2. The maximum Gasteiger partial charge on any atom is 0.322 e. The summed E-state index contributed by atoms with van der Waals surface area (Å²) in [7, 11) is 0. The molecule has 15 heavy (non-hydrogen) atoms. The van der Waals surface area contributed by atoms with Gasteiger partial charge in [-0.15, -0.1) is 0 Å². The van der Waals surface area contributed by atoms with E-state index in [1.807, 2.05) is 0 Å². The molecule has 0 unspecified atom stereocenters. The first-order chi connectivity index (χ1) is 7.02. The third-order valence-electron chi connectivity index (χ3n) is 1.40. The van der Waals surface area contributed by atoms with Gasteiger partial charge in [0.25, 0.3) is 0 Å². The summed E-state index contributed by atoms with van der Waals surface area (Å²) >= 11 is 0. The second kappa shape index (κ2) is 7.74. The van der Waals surface area contributed by atoms with Gasteiger partial charge < -0.3 is 21.1 Å². The van der Waals surface area contributed by atoms with Crippen molar-refractivity contribution in [2.24, 2.45) is 0 Å². The number of nitrogens with one attached hydrogen (secondary N) is 3. The van der Waals surface area contributed by atoms with Crippen LogP contribution in [0.5, 0.6) is 0 Å². The minimum Gasteiger partial charge on any atom is -0.480 e. The molecule has 4 N–H and O–H groups in total. The molecule has 1 saturated heterocycles. The Morgan fingerprint density at radius 3 is 2.33 bits per heavy atom. The summed E-state index contributed by atoms with van der Waals surface area (Å²) in [5.74, 6) is -1.25. The molecule has 0 aromatic rings. The standard InChI is InChI=1S/C4H8N2O.C4H7NO3/c7-4-3-5-1-2-6-4;1-3(6)5-2-4(7)8/h5H,1-3H2,(H,6,7);2H2,1H3,(H,5,6)(H,7,8). The maximum atomic E-state index is 10.3. The van der Waals surface area contributed by atoms with Gasteiger partial charge >= 0.3 is 5.97 Å². The normalized spacial score (nSPS) is 14.3. The largest absolute Gasteiger partial charge is 0.480 e. The fourth-order valence-corrected chi connectivity index (χ4v) is 0.755. The number of carboxylic acid groups (broad SMARTS) is 1. The van der Waals surface area contributed by atoms with Crippen LogP contribution in [0, 0.1) is 0 Å². The number of rotatable bonds is 2. The Hall–Kier alpha value is -1.63. The van der Waals surface area contributed by atoms with E-state index in [4.69, 9.17) is 5.11 Å². The number of carboxylic acids is 1. The van der Waals surface area contributed by atoms with E-state index in [1.54, 1.807) is 0 Å². The Morgan fingerprint density at radius 2 is 2.13 bits per heavy atom. The highest BCUT2D eigenvalue weighted by Gasteiger charge is 2.02. The van der Waals surface area contributed by atoms with Gasteiger partial charge in [0.2, 0.25) is 11.8 Å². The van der Waals surface area contributed by atoms with Gasteiger partial charge in [0.1, 0.15) is 6.54 Å². The molecule has 0 spiro atoms. The molecular weight excluding hydrogens is 202 g/mol. The Labute approximate surface area is 87.2 Å². The number of carbonyl (C=O) groups excluding carboxylic acids is 2. The minimum atomic E-state index is -1.03. The molecule has 86 valence electrons. The van der Waals surface area contributed by atoms with Crippen molar-refractivity contribution in [1.82, 2.24) is 16.0 Å². The highest BCUT2D eigenvalue weighted by molar-refractivity contribution is 5.79. The topological polar surface area (TPSA) is 108 Å². The molecule has 0 bridgehead atoms.